The minimum Gasteiger partial charge on any atom is -0.346 e. The zero-order valence-electron chi connectivity index (χ0n) is 14.7. The molecule has 3 N–H and O–H groups in total. The number of aryl methyl sites for hydroxylation is 1. The summed E-state index contributed by atoms with van der Waals surface area (Å²) in [6, 6.07) is 8.37. The molecule has 2 fully saturated rings. The number of carbonyl (C=O) groups excluding carboxylic acids is 1. The van der Waals surface area contributed by atoms with E-state index in [0.29, 0.717) is 25.9 Å². The number of nitrogens with zero attached hydrogens (tertiary/aromatic N) is 1. The molecular formula is C18H27N3O3S. The van der Waals surface area contributed by atoms with Crippen LogP contribution in [0, 0.1) is 12.8 Å². The van der Waals surface area contributed by atoms with Crippen LogP contribution >= 0.6 is 0 Å². The molecule has 25 heavy (non-hydrogen) atoms. The third-order valence-corrected chi connectivity index (χ3v) is 6.66. The maximum Gasteiger partial charge on any atom is 0.276 e. The molecule has 2 aliphatic rings. The van der Waals surface area contributed by atoms with Gasteiger partial charge >= 0.3 is 0 Å². The van der Waals surface area contributed by atoms with Gasteiger partial charge < -0.3 is 5.32 Å². The molecule has 0 unspecified atom stereocenters. The Bertz CT molecular complexity index is 734. The molecule has 1 saturated carbocycles. The third-order valence-electron chi connectivity index (χ3n) is 5.57. The van der Waals surface area contributed by atoms with Crippen LogP contribution in [0.25, 0.3) is 0 Å². The molecule has 1 aliphatic carbocycles. The van der Waals surface area contributed by atoms with Crippen molar-refractivity contribution in [1.29, 1.82) is 0 Å². The highest BCUT2D eigenvalue weighted by Crippen LogP contribution is 2.39. The summed E-state index contributed by atoms with van der Waals surface area (Å²) in [5.74, 6) is -0.113. The second-order valence-corrected chi connectivity index (χ2v) is 8.91. The van der Waals surface area contributed by atoms with E-state index in [0.717, 1.165) is 25.7 Å². The highest BCUT2D eigenvalue weighted by Gasteiger charge is 2.39. The Balaban J connectivity index is 1.70. The topological polar surface area (TPSA) is 92.5 Å². The van der Waals surface area contributed by atoms with Crippen LogP contribution in [-0.2, 0) is 20.5 Å². The number of hydrogen-bond acceptors (Lipinski definition) is 3. The summed E-state index contributed by atoms with van der Waals surface area (Å²) in [7, 11) is -3.66. The first-order chi connectivity index (χ1) is 11.8. The quantitative estimate of drug-likeness (QED) is 0.852. The van der Waals surface area contributed by atoms with Crippen LogP contribution in [0.3, 0.4) is 0 Å². The zero-order valence-corrected chi connectivity index (χ0v) is 15.5. The second kappa shape index (κ2) is 7.05. The van der Waals surface area contributed by atoms with Gasteiger partial charge in [0.15, 0.2) is 0 Å². The van der Waals surface area contributed by atoms with Gasteiger partial charge in [-0.15, -0.1) is 0 Å². The summed E-state index contributed by atoms with van der Waals surface area (Å²) in [6.07, 6.45) is 5.17. The number of piperidine rings is 1. The fourth-order valence-electron chi connectivity index (χ4n) is 4.12. The Kier molecular flexibility index (Phi) is 5.18. The van der Waals surface area contributed by atoms with Crippen molar-refractivity contribution in [2.45, 2.75) is 51.0 Å². The van der Waals surface area contributed by atoms with E-state index in [-0.39, 0.29) is 17.4 Å². The molecule has 1 aromatic carbocycles. The van der Waals surface area contributed by atoms with Gasteiger partial charge in [0.2, 0.25) is 5.91 Å². The number of benzene rings is 1. The van der Waals surface area contributed by atoms with Crippen LogP contribution in [-0.4, -0.2) is 31.7 Å². The number of nitrogens with one attached hydrogen (secondary N) is 1. The highest BCUT2D eigenvalue weighted by atomic mass is 32.2. The molecule has 1 aliphatic heterocycles. The Morgan fingerprint density at radius 1 is 1.24 bits per heavy atom. The summed E-state index contributed by atoms with van der Waals surface area (Å²) >= 11 is 0. The number of hydrogen-bond donors (Lipinski definition) is 2. The molecule has 138 valence electrons. The maximum absolute atomic E-state index is 12.9. The Morgan fingerprint density at radius 2 is 1.88 bits per heavy atom. The molecule has 1 amide bonds. The molecule has 6 nitrogen and oxygen atoms in total. The van der Waals surface area contributed by atoms with Crippen molar-refractivity contribution in [3.8, 4) is 0 Å². The van der Waals surface area contributed by atoms with E-state index < -0.39 is 10.2 Å². The molecule has 0 atom stereocenters. The first-order valence-electron chi connectivity index (χ1n) is 8.97. The smallest absolute Gasteiger partial charge is 0.276 e. The van der Waals surface area contributed by atoms with Gasteiger partial charge in [0.1, 0.15) is 0 Å². The molecule has 1 heterocycles. The van der Waals surface area contributed by atoms with Crippen LogP contribution in [0.4, 0.5) is 0 Å². The highest BCUT2D eigenvalue weighted by molar-refractivity contribution is 7.86. The SMILES string of the molecule is Cc1cccc(C2(NC(=O)C3CCN(S(N)(=O)=O)CC3)CCCC2)c1. The maximum atomic E-state index is 12.9. The predicted octanol–water partition coefficient (Wildman–Crippen LogP) is 1.80. The van der Waals surface area contributed by atoms with Crippen molar-refractivity contribution in [3.63, 3.8) is 0 Å². The summed E-state index contributed by atoms with van der Waals surface area (Å²) in [6.45, 7) is 2.69. The molecule has 1 aromatic rings. The van der Waals surface area contributed by atoms with E-state index in [9.17, 15) is 13.2 Å². The summed E-state index contributed by atoms with van der Waals surface area (Å²) < 4.78 is 24.1. The average molecular weight is 365 g/mol. The summed E-state index contributed by atoms with van der Waals surface area (Å²) in [4.78, 5) is 12.9. The van der Waals surface area contributed by atoms with Gasteiger partial charge in [-0.3, -0.25) is 4.79 Å². The standard InChI is InChI=1S/C18H27N3O3S/c1-14-5-4-6-16(13-14)18(9-2-3-10-18)20-17(22)15-7-11-21(12-8-15)25(19,23)24/h4-6,13,15H,2-3,7-12H2,1H3,(H,20,22)(H2,19,23,24). The van der Waals surface area contributed by atoms with Crippen LogP contribution < -0.4 is 10.5 Å². The molecule has 0 spiro atoms. The fraction of sp³-hybridized carbons (Fsp3) is 0.611. The van der Waals surface area contributed by atoms with Gasteiger partial charge in [0.25, 0.3) is 10.2 Å². The lowest BCUT2D eigenvalue weighted by atomic mass is 9.86. The first-order valence-corrected chi connectivity index (χ1v) is 10.5. The average Bonchev–Trinajstić information content (AvgIpc) is 3.04. The molecule has 7 heteroatoms. The molecule has 3 rings (SSSR count). The lowest BCUT2D eigenvalue weighted by Gasteiger charge is -2.35. The van der Waals surface area contributed by atoms with E-state index in [2.05, 4.69) is 30.4 Å². The first kappa shape index (κ1) is 18.4. The van der Waals surface area contributed by atoms with Crippen LogP contribution in [0.2, 0.25) is 0 Å². The minimum atomic E-state index is -3.66. The van der Waals surface area contributed by atoms with Gasteiger partial charge in [-0.1, -0.05) is 42.7 Å². The van der Waals surface area contributed by atoms with Crippen LogP contribution in [0.15, 0.2) is 24.3 Å². The fourth-order valence-corrected chi connectivity index (χ4v) is 4.84. The minimum absolute atomic E-state index is 0.0393. The van der Waals surface area contributed by atoms with Crippen molar-refractivity contribution in [3.05, 3.63) is 35.4 Å². The van der Waals surface area contributed by atoms with Crippen LogP contribution in [0.5, 0.6) is 0 Å². The second-order valence-electron chi connectivity index (χ2n) is 7.37. The number of carbonyl (C=O) groups is 1. The Hall–Kier alpha value is -1.44. The molecular weight excluding hydrogens is 338 g/mol. The number of rotatable bonds is 4. The van der Waals surface area contributed by atoms with Crippen molar-refractivity contribution in [2.75, 3.05) is 13.1 Å². The van der Waals surface area contributed by atoms with E-state index in [4.69, 9.17) is 5.14 Å². The van der Waals surface area contributed by atoms with Crippen molar-refractivity contribution >= 4 is 16.1 Å². The van der Waals surface area contributed by atoms with Gasteiger partial charge in [-0.25, -0.2) is 5.14 Å². The van der Waals surface area contributed by atoms with E-state index in [1.807, 2.05) is 6.07 Å². The predicted molar refractivity (Wildman–Crippen MR) is 96.9 cm³/mol. The number of nitrogens with two attached hydrogens (primary N) is 1. The number of amides is 1. The lowest BCUT2D eigenvalue weighted by molar-refractivity contribution is -0.128. The van der Waals surface area contributed by atoms with Gasteiger partial charge in [0.05, 0.1) is 5.54 Å². The van der Waals surface area contributed by atoms with E-state index in [1.54, 1.807) is 0 Å². The summed E-state index contributed by atoms with van der Waals surface area (Å²) in [5, 5.41) is 8.49. The van der Waals surface area contributed by atoms with Crippen molar-refractivity contribution < 1.29 is 13.2 Å². The largest absolute Gasteiger partial charge is 0.346 e. The van der Waals surface area contributed by atoms with E-state index in [1.165, 1.54) is 15.4 Å². The van der Waals surface area contributed by atoms with Gasteiger partial charge in [0, 0.05) is 19.0 Å². The lowest BCUT2D eigenvalue weighted by Crippen LogP contribution is -2.50. The molecule has 1 saturated heterocycles. The van der Waals surface area contributed by atoms with Gasteiger partial charge in [-0.05, 0) is 38.2 Å². The molecule has 0 radical (unpaired) electrons. The molecule has 0 bridgehead atoms. The van der Waals surface area contributed by atoms with Gasteiger partial charge in [-0.2, -0.15) is 12.7 Å². The van der Waals surface area contributed by atoms with E-state index >= 15 is 0 Å². The molecule has 0 aromatic heterocycles. The third kappa shape index (κ3) is 4.04. The van der Waals surface area contributed by atoms with Crippen molar-refractivity contribution in [2.24, 2.45) is 11.1 Å². The zero-order chi connectivity index (χ0) is 18.1. The monoisotopic (exact) mass is 365 g/mol. The Labute approximate surface area is 150 Å². The van der Waals surface area contributed by atoms with Crippen LogP contribution in [0.1, 0.15) is 49.7 Å². The Morgan fingerprint density at radius 3 is 2.44 bits per heavy atom. The normalized spacial score (nSPS) is 22.0. The van der Waals surface area contributed by atoms with Crippen molar-refractivity contribution in [1.82, 2.24) is 9.62 Å². The summed E-state index contributed by atoms with van der Waals surface area (Å²) in [5.41, 5.74) is 2.10.